The zero-order chi connectivity index (χ0) is 24.8. The fourth-order valence-electron chi connectivity index (χ4n) is 6.67. The minimum absolute atomic E-state index is 0.500. The molecule has 4 aliphatic carbocycles. The quantitative estimate of drug-likeness (QED) is 0.398. The van der Waals surface area contributed by atoms with E-state index in [1.807, 2.05) is 0 Å². The first-order valence-electron chi connectivity index (χ1n) is 14.1. The second-order valence-corrected chi connectivity index (χ2v) is 14.1. The summed E-state index contributed by atoms with van der Waals surface area (Å²) in [5.41, 5.74) is 0.500. The lowest BCUT2D eigenvalue weighted by Crippen LogP contribution is -2.15. The molecule has 33 heavy (non-hydrogen) atoms. The SMILES string of the molecule is CC(C)(C)C.CC(C)CC1CC(C)C2C=CC=CC12.CC(C)CC1CC(C)C2C=CC=CC12. The van der Waals surface area contributed by atoms with Crippen LogP contribution in [-0.2, 0) is 0 Å². The molecule has 0 aliphatic heterocycles. The van der Waals surface area contributed by atoms with E-state index in [1.54, 1.807) is 0 Å². The number of rotatable bonds is 4. The summed E-state index contributed by atoms with van der Waals surface area (Å²) in [5.74, 6) is 8.74. The molecule has 0 bridgehead atoms. The number of hydrogen-bond donors (Lipinski definition) is 0. The van der Waals surface area contributed by atoms with E-state index in [4.69, 9.17) is 0 Å². The molecule has 2 fully saturated rings. The van der Waals surface area contributed by atoms with E-state index in [9.17, 15) is 0 Å². The van der Waals surface area contributed by atoms with E-state index in [-0.39, 0.29) is 0 Å². The molecule has 0 saturated heterocycles. The maximum absolute atomic E-state index is 2.45. The van der Waals surface area contributed by atoms with E-state index in [2.05, 4.69) is 118 Å². The molecular weight excluding hydrogens is 396 g/mol. The van der Waals surface area contributed by atoms with Crippen LogP contribution in [0.5, 0.6) is 0 Å². The maximum atomic E-state index is 2.45. The standard InChI is InChI=1S/2C14H22.C5H12/c2*1-10(2)8-12-9-11(3)13-6-4-5-7-14(12)13;1-5(2,3)4/h2*4-7,10-14H,8-9H2,1-3H3;1-4H3. The number of fused-ring (bicyclic) bond motifs is 2. The molecule has 0 N–H and O–H groups in total. The van der Waals surface area contributed by atoms with Gasteiger partial charge in [0.25, 0.3) is 0 Å². The molecule has 0 heterocycles. The van der Waals surface area contributed by atoms with Crippen molar-refractivity contribution in [2.75, 3.05) is 0 Å². The van der Waals surface area contributed by atoms with Crippen molar-refractivity contribution in [1.82, 2.24) is 0 Å². The third kappa shape index (κ3) is 9.26. The number of hydrogen-bond acceptors (Lipinski definition) is 0. The third-order valence-corrected chi connectivity index (χ3v) is 7.74. The van der Waals surface area contributed by atoms with Crippen LogP contribution in [0.15, 0.2) is 48.6 Å². The van der Waals surface area contributed by atoms with Gasteiger partial charge in [-0.05, 0) is 90.3 Å². The third-order valence-electron chi connectivity index (χ3n) is 7.74. The molecule has 0 nitrogen and oxygen atoms in total. The first-order chi connectivity index (χ1) is 15.4. The summed E-state index contributed by atoms with van der Waals surface area (Å²) in [4.78, 5) is 0. The van der Waals surface area contributed by atoms with Crippen LogP contribution in [0.4, 0.5) is 0 Å². The fourth-order valence-corrected chi connectivity index (χ4v) is 6.67. The summed E-state index contributed by atoms with van der Waals surface area (Å²) in [6, 6.07) is 0. The Kier molecular flexibility index (Phi) is 10.8. The van der Waals surface area contributed by atoms with Crippen molar-refractivity contribution in [2.45, 2.75) is 94.9 Å². The van der Waals surface area contributed by atoms with E-state index in [0.29, 0.717) is 5.41 Å². The Balaban J connectivity index is 0.000000195. The molecule has 8 atom stereocenters. The smallest absolute Gasteiger partial charge is 0.0136 e. The monoisotopic (exact) mass is 452 g/mol. The van der Waals surface area contributed by atoms with Crippen molar-refractivity contribution < 1.29 is 0 Å². The van der Waals surface area contributed by atoms with Crippen molar-refractivity contribution in [2.24, 2.45) is 64.6 Å². The lowest BCUT2D eigenvalue weighted by molar-refractivity contribution is 0.347. The van der Waals surface area contributed by atoms with Gasteiger partial charge in [-0.2, -0.15) is 0 Å². The Hall–Kier alpha value is -1.04. The second-order valence-electron chi connectivity index (χ2n) is 14.1. The summed E-state index contributed by atoms with van der Waals surface area (Å²) < 4.78 is 0. The zero-order valence-corrected chi connectivity index (χ0v) is 23.7. The predicted octanol–water partition coefficient (Wildman–Crippen LogP) is 10.1. The van der Waals surface area contributed by atoms with Gasteiger partial charge in [-0.1, -0.05) is 118 Å². The van der Waals surface area contributed by atoms with Crippen LogP contribution in [-0.4, -0.2) is 0 Å². The Morgan fingerprint density at radius 3 is 1.12 bits per heavy atom. The molecule has 8 unspecified atom stereocenters. The van der Waals surface area contributed by atoms with E-state index in [1.165, 1.54) is 25.7 Å². The second kappa shape index (κ2) is 12.6. The molecular formula is C33H56. The van der Waals surface area contributed by atoms with Gasteiger partial charge in [0.05, 0.1) is 0 Å². The van der Waals surface area contributed by atoms with Crippen LogP contribution in [0.3, 0.4) is 0 Å². The van der Waals surface area contributed by atoms with Gasteiger partial charge in [0.2, 0.25) is 0 Å². The minimum Gasteiger partial charge on any atom is -0.0806 e. The van der Waals surface area contributed by atoms with Crippen molar-refractivity contribution in [3.05, 3.63) is 48.6 Å². The van der Waals surface area contributed by atoms with Gasteiger partial charge in [-0.15, -0.1) is 0 Å². The summed E-state index contributed by atoms with van der Waals surface area (Å²) in [5, 5.41) is 0. The molecule has 0 heteroatoms. The van der Waals surface area contributed by atoms with E-state index < -0.39 is 0 Å². The molecule has 0 radical (unpaired) electrons. The summed E-state index contributed by atoms with van der Waals surface area (Å²) in [6.45, 7) is 23.0. The minimum atomic E-state index is 0.500. The molecule has 0 aromatic heterocycles. The lowest BCUT2D eigenvalue weighted by atomic mass is 9.81. The van der Waals surface area contributed by atoms with Crippen molar-refractivity contribution in [1.29, 1.82) is 0 Å². The van der Waals surface area contributed by atoms with E-state index in [0.717, 1.165) is 59.2 Å². The first kappa shape index (κ1) is 28.2. The molecule has 0 aromatic carbocycles. The van der Waals surface area contributed by atoms with Gasteiger partial charge >= 0.3 is 0 Å². The van der Waals surface area contributed by atoms with Crippen LogP contribution in [0.2, 0.25) is 0 Å². The highest BCUT2D eigenvalue weighted by Gasteiger charge is 2.39. The van der Waals surface area contributed by atoms with Gasteiger partial charge in [-0.3, -0.25) is 0 Å². The van der Waals surface area contributed by atoms with Crippen molar-refractivity contribution >= 4 is 0 Å². The average Bonchev–Trinajstić information content (AvgIpc) is 3.18. The first-order valence-corrected chi connectivity index (χ1v) is 14.1. The van der Waals surface area contributed by atoms with Gasteiger partial charge < -0.3 is 0 Å². The highest BCUT2D eigenvalue weighted by molar-refractivity contribution is 5.19. The van der Waals surface area contributed by atoms with Crippen LogP contribution >= 0.6 is 0 Å². The topological polar surface area (TPSA) is 0 Å². The van der Waals surface area contributed by atoms with Gasteiger partial charge in [0.15, 0.2) is 0 Å². The highest BCUT2D eigenvalue weighted by Crippen LogP contribution is 2.47. The predicted molar refractivity (Wildman–Crippen MR) is 149 cm³/mol. The van der Waals surface area contributed by atoms with Gasteiger partial charge in [0.1, 0.15) is 0 Å². The van der Waals surface area contributed by atoms with Crippen molar-refractivity contribution in [3.8, 4) is 0 Å². The van der Waals surface area contributed by atoms with Crippen LogP contribution in [0.25, 0.3) is 0 Å². The van der Waals surface area contributed by atoms with Crippen LogP contribution in [0.1, 0.15) is 94.9 Å². The molecule has 4 rings (SSSR count). The number of allylic oxidation sites excluding steroid dienone is 8. The Labute approximate surface area is 208 Å². The molecule has 4 aliphatic rings. The largest absolute Gasteiger partial charge is 0.0806 e. The summed E-state index contributed by atoms with van der Waals surface area (Å²) >= 11 is 0. The molecule has 2 saturated carbocycles. The van der Waals surface area contributed by atoms with E-state index >= 15 is 0 Å². The molecule has 0 aromatic rings. The summed E-state index contributed by atoms with van der Waals surface area (Å²) in [6.07, 6.45) is 24.4. The average molecular weight is 453 g/mol. The van der Waals surface area contributed by atoms with Gasteiger partial charge in [0, 0.05) is 0 Å². The Bertz CT molecular complexity index is 619. The molecule has 0 spiro atoms. The van der Waals surface area contributed by atoms with Gasteiger partial charge in [-0.25, -0.2) is 0 Å². The normalized spacial score (nSPS) is 36.2. The lowest BCUT2D eigenvalue weighted by Gasteiger charge is -2.23. The maximum Gasteiger partial charge on any atom is -0.0136 e. The highest BCUT2D eigenvalue weighted by atomic mass is 14.4. The van der Waals surface area contributed by atoms with Crippen LogP contribution < -0.4 is 0 Å². The van der Waals surface area contributed by atoms with Crippen LogP contribution in [0, 0.1) is 64.6 Å². The Morgan fingerprint density at radius 2 is 0.848 bits per heavy atom. The zero-order valence-electron chi connectivity index (χ0n) is 23.7. The Morgan fingerprint density at radius 1 is 0.576 bits per heavy atom. The summed E-state index contributed by atoms with van der Waals surface area (Å²) in [7, 11) is 0. The molecule has 188 valence electrons. The molecule has 0 amide bonds. The fraction of sp³-hybridized carbons (Fsp3) is 0.758. The van der Waals surface area contributed by atoms with Crippen molar-refractivity contribution in [3.63, 3.8) is 0 Å².